The maximum Gasteiger partial charge on any atom is 0.319 e. The molecule has 6 nitrogen and oxygen atoms in total. The fourth-order valence-corrected chi connectivity index (χ4v) is 2.63. The summed E-state index contributed by atoms with van der Waals surface area (Å²) in [6, 6.07) is 9.58. The maximum absolute atomic E-state index is 11.8. The van der Waals surface area contributed by atoms with Crippen LogP contribution in [-0.2, 0) is 0 Å². The van der Waals surface area contributed by atoms with Crippen LogP contribution in [0.2, 0.25) is 0 Å². The molecule has 0 spiro atoms. The van der Waals surface area contributed by atoms with Crippen LogP contribution in [0.25, 0.3) is 22.2 Å². The number of hydrogen-bond donors (Lipinski definition) is 3. The summed E-state index contributed by atoms with van der Waals surface area (Å²) in [5.74, 6) is 0. The zero-order valence-corrected chi connectivity index (χ0v) is 13.9. The lowest BCUT2D eigenvalue weighted by Crippen LogP contribution is -2.29. The molecule has 2 heterocycles. The van der Waals surface area contributed by atoms with E-state index in [1.165, 1.54) is 0 Å². The van der Waals surface area contributed by atoms with Gasteiger partial charge in [0.2, 0.25) is 0 Å². The van der Waals surface area contributed by atoms with E-state index in [9.17, 15) is 4.79 Å². The molecule has 3 aromatic rings. The molecule has 3 N–H and O–H groups in total. The van der Waals surface area contributed by atoms with Gasteiger partial charge in [-0.2, -0.15) is 5.10 Å². The molecule has 0 unspecified atom stereocenters. The number of rotatable bonds is 5. The molecule has 0 saturated carbocycles. The highest BCUT2D eigenvalue weighted by Crippen LogP contribution is 2.29. The number of hydrogen-bond acceptors (Lipinski definition) is 3. The highest BCUT2D eigenvalue weighted by Gasteiger charge is 2.10. The van der Waals surface area contributed by atoms with Crippen LogP contribution in [0.1, 0.15) is 25.5 Å². The van der Waals surface area contributed by atoms with Crippen molar-refractivity contribution in [2.24, 2.45) is 0 Å². The second-order valence-electron chi connectivity index (χ2n) is 5.70. The van der Waals surface area contributed by atoms with Crippen LogP contribution in [-0.4, -0.2) is 27.8 Å². The fraction of sp³-hybridized carbons (Fsp3) is 0.278. The number of aryl methyl sites for hydroxylation is 1. The first kappa shape index (κ1) is 16.0. The molecular formula is C18H21N5O. The van der Waals surface area contributed by atoms with Crippen molar-refractivity contribution >= 4 is 22.8 Å². The number of unbranched alkanes of at least 4 members (excludes halogenated alkanes) is 1. The average Bonchev–Trinajstić information content (AvgIpc) is 2.97. The SMILES string of the molecule is CCCCNC(=O)Nc1ccc(-c2ccnc3[nH]nc(C)c23)cc1. The number of urea groups is 1. The molecule has 124 valence electrons. The van der Waals surface area contributed by atoms with Gasteiger partial charge < -0.3 is 10.6 Å². The standard InChI is InChI=1S/C18H21N5O/c1-3-4-10-20-18(24)21-14-7-5-13(6-8-14)15-9-11-19-17-16(15)12(2)22-23-17/h5-9,11H,3-4,10H2,1-2H3,(H,19,22,23)(H2,20,21,24). The van der Waals surface area contributed by atoms with Crippen LogP contribution < -0.4 is 10.6 Å². The first-order valence-corrected chi connectivity index (χ1v) is 8.14. The summed E-state index contributed by atoms with van der Waals surface area (Å²) in [7, 11) is 0. The van der Waals surface area contributed by atoms with E-state index in [1.807, 2.05) is 37.3 Å². The van der Waals surface area contributed by atoms with Crippen molar-refractivity contribution in [3.8, 4) is 11.1 Å². The van der Waals surface area contributed by atoms with Crippen LogP contribution in [0, 0.1) is 6.92 Å². The number of benzene rings is 1. The molecular weight excluding hydrogens is 302 g/mol. The smallest absolute Gasteiger partial charge is 0.319 e. The molecule has 0 saturated heterocycles. The number of fused-ring (bicyclic) bond motifs is 1. The average molecular weight is 323 g/mol. The fourth-order valence-electron chi connectivity index (χ4n) is 2.63. The topological polar surface area (TPSA) is 82.7 Å². The lowest BCUT2D eigenvalue weighted by molar-refractivity contribution is 0.252. The largest absolute Gasteiger partial charge is 0.338 e. The Labute approximate surface area is 140 Å². The van der Waals surface area contributed by atoms with Crippen LogP contribution in [0.4, 0.5) is 10.5 Å². The van der Waals surface area contributed by atoms with Gasteiger partial charge in [0.05, 0.1) is 5.69 Å². The van der Waals surface area contributed by atoms with Gasteiger partial charge in [-0.15, -0.1) is 0 Å². The van der Waals surface area contributed by atoms with Gasteiger partial charge in [-0.1, -0.05) is 25.5 Å². The van der Waals surface area contributed by atoms with E-state index in [-0.39, 0.29) is 6.03 Å². The number of H-pyrrole nitrogens is 1. The molecule has 0 atom stereocenters. The van der Waals surface area contributed by atoms with Crippen molar-refractivity contribution in [2.75, 3.05) is 11.9 Å². The Bertz CT molecular complexity index is 838. The number of anilines is 1. The number of aromatic nitrogens is 3. The lowest BCUT2D eigenvalue weighted by atomic mass is 10.0. The number of aromatic amines is 1. The summed E-state index contributed by atoms with van der Waals surface area (Å²) in [5.41, 5.74) is 4.60. The van der Waals surface area contributed by atoms with E-state index in [4.69, 9.17) is 0 Å². The van der Waals surface area contributed by atoms with Gasteiger partial charge in [0.15, 0.2) is 5.65 Å². The zero-order chi connectivity index (χ0) is 16.9. The van der Waals surface area contributed by atoms with Crippen molar-refractivity contribution in [1.29, 1.82) is 0 Å². The van der Waals surface area contributed by atoms with Crippen LogP contribution >= 0.6 is 0 Å². The number of amides is 2. The summed E-state index contributed by atoms with van der Waals surface area (Å²) in [5, 5.41) is 13.9. The molecule has 0 radical (unpaired) electrons. The minimum Gasteiger partial charge on any atom is -0.338 e. The first-order valence-electron chi connectivity index (χ1n) is 8.14. The van der Waals surface area contributed by atoms with E-state index in [0.717, 1.165) is 46.4 Å². The Hall–Kier alpha value is -2.89. The normalized spacial score (nSPS) is 10.8. The number of carbonyl (C=O) groups excluding carboxylic acids is 1. The third-order valence-electron chi connectivity index (χ3n) is 3.91. The van der Waals surface area contributed by atoms with Crippen molar-refractivity contribution in [3.63, 3.8) is 0 Å². The minimum atomic E-state index is -0.173. The third-order valence-corrected chi connectivity index (χ3v) is 3.91. The van der Waals surface area contributed by atoms with Crippen LogP contribution in [0.5, 0.6) is 0 Å². The molecule has 6 heteroatoms. The van der Waals surface area contributed by atoms with Crippen molar-refractivity contribution in [1.82, 2.24) is 20.5 Å². The number of nitrogens with one attached hydrogen (secondary N) is 3. The first-order chi connectivity index (χ1) is 11.7. The van der Waals surface area contributed by atoms with E-state index >= 15 is 0 Å². The molecule has 24 heavy (non-hydrogen) atoms. The molecule has 2 aromatic heterocycles. The Morgan fingerprint density at radius 2 is 2.00 bits per heavy atom. The van der Waals surface area contributed by atoms with Crippen molar-refractivity contribution in [3.05, 3.63) is 42.2 Å². The summed E-state index contributed by atoms with van der Waals surface area (Å²) >= 11 is 0. The van der Waals surface area contributed by atoms with Gasteiger partial charge in [0, 0.05) is 23.8 Å². The number of carbonyl (C=O) groups is 1. The van der Waals surface area contributed by atoms with Gasteiger partial charge in [-0.05, 0) is 42.7 Å². The number of pyridine rings is 1. The van der Waals surface area contributed by atoms with Gasteiger partial charge in [-0.25, -0.2) is 9.78 Å². The molecule has 0 aliphatic rings. The third kappa shape index (κ3) is 3.37. The second-order valence-corrected chi connectivity index (χ2v) is 5.70. The van der Waals surface area contributed by atoms with E-state index in [0.29, 0.717) is 6.54 Å². The molecule has 2 amide bonds. The molecule has 0 bridgehead atoms. The highest BCUT2D eigenvalue weighted by molar-refractivity contribution is 5.95. The summed E-state index contributed by atoms with van der Waals surface area (Å²) in [6.07, 6.45) is 3.81. The highest BCUT2D eigenvalue weighted by atomic mass is 16.2. The van der Waals surface area contributed by atoms with Gasteiger partial charge in [-0.3, -0.25) is 5.10 Å². The summed E-state index contributed by atoms with van der Waals surface area (Å²) < 4.78 is 0. The Morgan fingerprint density at radius 3 is 2.75 bits per heavy atom. The van der Waals surface area contributed by atoms with Gasteiger partial charge >= 0.3 is 6.03 Å². The van der Waals surface area contributed by atoms with Crippen LogP contribution in [0.15, 0.2) is 36.5 Å². The van der Waals surface area contributed by atoms with Gasteiger partial charge in [0.1, 0.15) is 0 Å². The second kappa shape index (κ2) is 7.12. The van der Waals surface area contributed by atoms with Crippen molar-refractivity contribution < 1.29 is 4.79 Å². The predicted molar refractivity (Wildman–Crippen MR) is 96.0 cm³/mol. The summed E-state index contributed by atoms with van der Waals surface area (Å²) in [6.45, 7) is 4.74. The molecule has 1 aromatic carbocycles. The minimum absolute atomic E-state index is 0.173. The van der Waals surface area contributed by atoms with Gasteiger partial charge in [0.25, 0.3) is 0 Å². The molecule has 0 aliphatic heterocycles. The maximum atomic E-state index is 11.8. The summed E-state index contributed by atoms with van der Waals surface area (Å²) in [4.78, 5) is 16.1. The monoisotopic (exact) mass is 323 g/mol. The molecule has 3 rings (SSSR count). The number of nitrogens with zero attached hydrogens (tertiary/aromatic N) is 2. The van der Waals surface area contributed by atoms with E-state index < -0.39 is 0 Å². The quantitative estimate of drug-likeness (QED) is 0.624. The van der Waals surface area contributed by atoms with Crippen molar-refractivity contribution in [2.45, 2.75) is 26.7 Å². The Morgan fingerprint density at radius 1 is 1.21 bits per heavy atom. The molecule has 0 aliphatic carbocycles. The Kier molecular flexibility index (Phi) is 4.74. The predicted octanol–water partition coefficient (Wildman–Crippen LogP) is 3.85. The van der Waals surface area contributed by atoms with E-state index in [2.05, 4.69) is 32.7 Å². The molecule has 0 fully saturated rings. The lowest BCUT2D eigenvalue weighted by Gasteiger charge is -2.09. The van der Waals surface area contributed by atoms with Crippen LogP contribution in [0.3, 0.4) is 0 Å². The van der Waals surface area contributed by atoms with E-state index in [1.54, 1.807) is 6.20 Å². The Balaban J connectivity index is 1.77. The zero-order valence-electron chi connectivity index (χ0n) is 13.9.